The van der Waals surface area contributed by atoms with Gasteiger partial charge < -0.3 is 10.1 Å². The van der Waals surface area contributed by atoms with Crippen molar-refractivity contribution in [1.82, 2.24) is 20.1 Å². The van der Waals surface area contributed by atoms with Crippen LogP contribution in [0.2, 0.25) is 0 Å². The van der Waals surface area contributed by atoms with Crippen LogP contribution in [-0.2, 0) is 16.1 Å². The topological polar surface area (TPSA) is 89.0 Å². The fourth-order valence-corrected chi connectivity index (χ4v) is 3.23. The Balaban J connectivity index is 1.96. The van der Waals surface area contributed by atoms with Crippen LogP contribution in [0.5, 0.6) is 0 Å². The number of rotatable bonds is 9. The molecule has 2 rings (SSSR count). The van der Waals surface area contributed by atoms with Gasteiger partial charge in [0.1, 0.15) is 5.82 Å². The summed E-state index contributed by atoms with van der Waals surface area (Å²) in [6.07, 6.45) is 0.672. The quantitative estimate of drug-likeness (QED) is 0.512. The van der Waals surface area contributed by atoms with Gasteiger partial charge in [-0.05, 0) is 38.0 Å². The van der Waals surface area contributed by atoms with Crippen molar-refractivity contribution >= 4 is 17.7 Å². The van der Waals surface area contributed by atoms with Crippen LogP contribution < -0.4 is 11.0 Å². The molecule has 2 aromatic rings. The van der Waals surface area contributed by atoms with E-state index in [1.54, 1.807) is 26.2 Å². The zero-order valence-electron chi connectivity index (χ0n) is 15.0. The van der Waals surface area contributed by atoms with Crippen LogP contribution in [-0.4, -0.2) is 39.6 Å². The molecule has 2 N–H and O–H groups in total. The van der Waals surface area contributed by atoms with Crippen LogP contribution in [0.3, 0.4) is 0 Å². The number of halogens is 1. The normalized spacial score (nSPS) is 13.4. The zero-order chi connectivity index (χ0) is 19.1. The SMILES string of the molecule is COCCCn1c(S[C@@H](C)C(=O)N[C@@H](C)c2ccc(F)cc2)n[nH]c1=O. The molecule has 0 saturated carbocycles. The van der Waals surface area contributed by atoms with Crippen molar-refractivity contribution in [3.63, 3.8) is 0 Å². The second-order valence-electron chi connectivity index (χ2n) is 5.85. The van der Waals surface area contributed by atoms with Gasteiger partial charge in [-0.25, -0.2) is 14.3 Å². The third kappa shape index (κ3) is 5.43. The first-order chi connectivity index (χ1) is 12.4. The van der Waals surface area contributed by atoms with E-state index in [2.05, 4.69) is 15.5 Å². The van der Waals surface area contributed by atoms with Crippen molar-refractivity contribution in [3.8, 4) is 0 Å². The average Bonchev–Trinajstić information content (AvgIpc) is 2.95. The molecule has 0 spiro atoms. The molecule has 0 radical (unpaired) electrons. The molecule has 2 atom stereocenters. The van der Waals surface area contributed by atoms with E-state index in [1.807, 2.05) is 6.92 Å². The predicted molar refractivity (Wildman–Crippen MR) is 97.6 cm³/mol. The maximum absolute atomic E-state index is 13.0. The number of methoxy groups -OCH3 is 1. The van der Waals surface area contributed by atoms with E-state index in [0.29, 0.717) is 24.7 Å². The largest absolute Gasteiger partial charge is 0.385 e. The van der Waals surface area contributed by atoms with Crippen molar-refractivity contribution in [2.24, 2.45) is 0 Å². The molecule has 1 aromatic carbocycles. The summed E-state index contributed by atoms with van der Waals surface area (Å²) in [5, 5.41) is 9.30. The molecule has 0 aliphatic heterocycles. The molecule has 0 aliphatic rings. The molecule has 142 valence electrons. The first-order valence-corrected chi connectivity index (χ1v) is 9.17. The first-order valence-electron chi connectivity index (χ1n) is 8.29. The Hall–Kier alpha value is -2.13. The lowest BCUT2D eigenvalue weighted by Gasteiger charge is -2.17. The summed E-state index contributed by atoms with van der Waals surface area (Å²) in [6.45, 7) is 4.58. The molecule has 7 nitrogen and oxygen atoms in total. The molecule has 1 aromatic heterocycles. The van der Waals surface area contributed by atoms with Crippen LogP contribution in [0.1, 0.15) is 31.9 Å². The Labute approximate surface area is 155 Å². The summed E-state index contributed by atoms with van der Waals surface area (Å²) in [5.41, 5.74) is 0.504. The highest BCUT2D eigenvalue weighted by Crippen LogP contribution is 2.21. The Morgan fingerprint density at radius 3 is 2.73 bits per heavy atom. The van der Waals surface area contributed by atoms with Gasteiger partial charge in [0, 0.05) is 20.3 Å². The van der Waals surface area contributed by atoms with Crippen molar-refractivity contribution in [2.45, 2.75) is 43.3 Å². The van der Waals surface area contributed by atoms with E-state index in [-0.39, 0.29) is 23.5 Å². The third-order valence-electron chi connectivity index (χ3n) is 3.83. The highest BCUT2D eigenvalue weighted by molar-refractivity contribution is 8.00. The van der Waals surface area contributed by atoms with E-state index in [4.69, 9.17) is 4.74 Å². The molecule has 1 amide bonds. The fraction of sp³-hybridized carbons (Fsp3) is 0.471. The summed E-state index contributed by atoms with van der Waals surface area (Å²) in [6, 6.07) is 5.74. The van der Waals surface area contributed by atoms with Gasteiger partial charge in [0.2, 0.25) is 5.91 Å². The molecule has 26 heavy (non-hydrogen) atoms. The maximum atomic E-state index is 13.0. The van der Waals surface area contributed by atoms with Gasteiger partial charge in [-0.15, -0.1) is 5.10 Å². The minimum Gasteiger partial charge on any atom is -0.385 e. The van der Waals surface area contributed by atoms with Crippen LogP contribution in [0.25, 0.3) is 0 Å². The number of nitrogens with one attached hydrogen (secondary N) is 2. The van der Waals surface area contributed by atoms with Gasteiger partial charge >= 0.3 is 5.69 Å². The molecule has 1 heterocycles. The number of benzene rings is 1. The lowest BCUT2D eigenvalue weighted by Crippen LogP contribution is -2.33. The summed E-state index contributed by atoms with van der Waals surface area (Å²) in [5.74, 6) is -0.508. The van der Waals surface area contributed by atoms with E-state index < -0.39 is 5.25 Å². The number of hydrogen-bond acceptors (Lipinski definition) is 5. The van der Waals surface area contributed by atoms with Crippen LogP contribution in [0, 0.1) is 5.82 Å². The second kappa shape index (κ2) is 9.54. The summed E-state index contributed by atoms with van der Waals surface area (Å²) < 4.78 is 19.5. The van der Waals surface area contributed by atoms with Gasteiger partial charge in [0.25, 0.3) is 0 Å². The molecule has 0 fully saturated rings. The number of amides is 1. The van der Waals surface area contributed by atoms with Gasteiger partial charge in [-0.2, -0.15) is 0 Å². The predicted octanol–water partition coefficient (Wildman–Crippen LogP) is 2.11. The van der Waals surface area contributed by atoms with E-state index >= 15 is 0 Å². The smallest absolute Gasteiger partial charge is 0.343 e. The van der Waals surface area contributed by atoms with Crippen molar-refractivity contribution < 1.29 is 13.9 Å². The number of nitrogens with zero attached hydrogens (tertiary/aromatic N) is 2. The number of carbonyl (C=O) groups is 1. The summed E-state index contributed by atoms with van der Waals surface area (Å²) in [7, 11) is 1.60. The number of ether oxygens (including phenoxy) is 1. The lowest BCUT2D eigenvalue weighted by atomic mass is 10.1. The molecule has 0 aliphatic carbocycles. The van der Waals surface area contributed by atoms with Crippen molar-refractivity contribution in [2.75, 3.05) is 13.7 Å². The average molecular weight is 382 g/mol. The molecule has 9 heteroatoms. The van der Waals surface area contributed by atoms with Crippen molar-refractivity contribution in [3.05, 3.63) is 46.1 Å². The minimum absolute atomic E-state index is 0.189. The van der Waals surface area contributed by atoms with E-state index in [1.165, 1.54) is 28.5 Å². The Morgan fingerprint density at radius 1 is 1.38 bits per heavy atom. The van der Waals surface area contributed by atoms with Gasteiger partial charge in [0.15, 0.2) is 5.16 Å². The highest BCUT2D eigenvalue weighted by atomic mass is 32.2. The number of aromatic nitrogens is 3. The number of hydrogen-bond donors (Lipinski definition) is 2. The number of thioether (sulfide) groups is 1. The molecular formula is C17H23FN4O3S. The number of aromatic amines is 1. The van der Waals surface area contributed by atoms with E-state index in [0.717, 1.165) is 5.56 Å². The molecular weight excluding hydrogens is 359 g/mol. The second-order valence-corrected chi connectivity index (χ2v) is 7.16. The highest BCUT2D eigenvalue weighted by Gasteiger charge is 2.20. The van der Waals surface area contributed by atoms with Gasteiger partial charge in [-0.3, -0.25) is 9.36 Å². The molecule has 0 bridgehead atoms. The van der Waals surface area contributed by atoms with E-state index in [9.17, 15) is 14.0 Å². The molecule has 0 saturated heterocycles. The van der Waals surface area contributed by atoms with Gasteiger partial charge in [-0.1, -0.05) is 23.9 Å². The Bertz CT molecular complexity index is 775. The summed E-state index contributed by atoms with van der Waals surface area (Å²) >= 11 is 1.20. The summed E-state index contributed by atoms with van der Waals surface area (Å²) in [4.78, 5) is 24.3. The van der Waals surface area contributed by atoms with Crippen LogP contribution in [0.4, 0.5) is 4.39 Å². The van der Waals surface area contributed by atoms with Crippen LogP contribution >= 0.6 is 11.8 Å². The Morgan fingerprint density at radius 2 is 2.08 bits per heavy atom. The fourth-order valence-electron chi connectivity index (χ4n) is 2.33. The minimum atomic E-state index is -0.450. The lowest BCUT2D eigenvalue weighted by molar-refractivity contribution is -0.120. The van der Waals surface area contributed by atoms with Crippen molar-refractivity contribution in [1.29, 1.82) is 0 Å². The number of carbonyl (C=O) groups excluding carboxylic acids is 1. The monoisotopic (exact) mass is 382 g/mol. The molecule has 0 unspecified atom stereocenters. The van der Waals surface area contributed by atoms with Crippen LogP contribution in [0.15, 0.2) is 34.2 Å². The zero-order valence-corrected chi connectivity index (χ0v) is 15.8. The third-order valence-corrected chi connectivity index (χ3v) is 4.92. The number of H-pyrrole nitrogens is 1. The van der Waals surface area contributed by atoms with Gasteiger partial charge in [0.05, 0.1) is 11.3 Å². The standard InChI is InChI=1S/C17H23FN4O3S/c1-11(13-5-7-14(18)8-6-13)19-15(23)12(2)26-17-21-20-16(24)22(17)9-4-10-25-3/h5-8,11-12H,4,9-10H2,1-3H3,(H,19,23)(H,20,24)/t11-,12-/m0/s1. The maximum Gasteiger partial charge on any atom is 0.343 e. The Kier molecular flexibility index (Phi) is 7.40. The first kappa shape index (κ1) is 20.2.